The Bertz CT molecular complexity index is 777. The molecule has 0 saturated carbocycles. The lowest BCUT2D eigenvalue weighted by molar-refractivity contribution is 0.0189. The van der Waals surface area contributed by atoms with Gasteiger partial charge in [-0.05, 0) is 57.9 Å². The number of amides is 1. The normalized spacial score (nSPS) is 17.7. The number of carbonyl (C=O) groups is 1. The van der Waals surface area contributed by atoms with Crippen LogP contribution in [-0.4, -0.2) is 53.9 Å². The number of benzene rings is 1. The predicted octanol–water partition coefficient (Wildman–Crippen LogP) is 3.92. The third-order valence-electron chi connectivity index (χ3n) is 4.51. The summed E-state index contributed by atoms with van der Waals surface area (Å²) < 4.78 is 11.0. The summed E-state index contributed by atoms with van der Waals surface area (Å²) in [5, 5.41) is 4.13. The molecule has 0 spiro atoms. The molecule has 3 rings (SSSR count). The molecule has 7 heteroatoms. The molecule has 0 radical (unpaired) electrons. The Hall–Kier alpha value is -2.57. The highest BCUT2D eigenvalue weighted by Crippen LogP contribution is 2.29. The Morgan fingerprint density at radius 2 is 1.96 bits per heavy atom. The van der Waals surface area contributed by atoms with Crippen LogP contribution in [0.4, 0.5) is 10.5 Å². The third kappa shape index (κ3) is 4.78. The molecule has 0 bridgehead atoms. The van der Waals surface area contributed by atoms with Crippen LogP contribution in [0.5, 0.6) is 0 Å². The van der Waals surface area contributed by atoms with E-state index in [9.17, 15) is 4.79 Å². The highest BCUT2D eigenvalue weighted by atomic mass is 16.6. The van der Waals surface area contributed by atoms with Gasteiger partial charge in [-0.25, -0.2) is 4.79 Å². The average molecular weight is 372 g/mol. The minimum Gasteiger partial charge on any atom is -0.444 e. The molecular formula is C20H28N4O3. The fourth-order valence-electron chi connectivity index (χ4n) is 3.10. The maximum atomic E-state index is 12.3. The highest BCUT2D eigenvalue weighted by Gasteiger charge is 2.31. The molecule has 1 saturated heterocycles. The first kappa shape index (κ1) is 19.2. The maximum absolute atomic E-state index is 12.3. The van der Waals surface area contributed by atoms with E-state index in [1.807, 2.05) is 64.0 Å². The largest absolute Gasteiger partial charge is 0.444 e. The van der Waals surface area contributed by atoms with Crippen molar-refractivity contribution in [2.45, 2.75) is 45.1 Å². The van der Waals surface area contributed by atoms with Gasteiger partial charge in [0.05, 0.1) is 5.92 Å². The second kappa shape index (κ2) is 7.58. The summed E-state index contributed by atoms with van der Waals surface area (Å²) in [6.07, 6.45) is 1.52. The summed E-state index contributed by atoms with van der Waals surface area (Å²) in [4.78, 5) is 20.7. The minimum absolute atomic E-state index is 0.0357. The molecule has 0 N–H and O–H groups in total. The van der Waals surface area contributed by atoms with Crippen LogP contribution in [0.3, 0.4) is 0 Å². The van der Waals surface area contributed by atoms with Crippen molar-refractivity contribution >= 4 is 11.8 Å². The van der Waals surface area contributed by atoms with Gasteiger partial charge in [0.2, 0.25) is 11.7 Å². The molecule has 0 aliphatic carbocycles. The van der Waals surface area contributed by atoms with Crippen LogP contribution < -0.4 is 4.90 Å². The average Bonchev–Trinajstić information content (AvgIpc) is 3.10. The molecule has 146 valence electrons. The smallest absolute Gasteiger partial charge is 0.410 e. The molecule has 1 aliphatic heterocycles. The van der Waals surface area contributed by atoms with Gasteiger partial charge < -0.3 is 19.1 Å². The van der Waals surface area contributed by atoms with E-state index >= 15 is 0 Å². The van der Waals surface area contributed by atoms with Crippen LogP contribution in [0.25, 0.3) is 11.4 Å². The number of hydrogen-bond donors (Lipinski definition) is 0. The Morgan fingerprint density at radius 3 is 2.59 bits per heavy atom. The minimum atomic E-state index is -0.500. The molecule has 0 unspecified atom stereocenters. The molecule has 2 heterocycles. The number of carbonyl (C=O) groups excluding carboxylic acids is 1. The molecule has 1 fully saturated rings. The molecule has 1 aliphatic rings. The summed E-state index contributed by atoms with van der Waals surface area (Å²) in [5.74, 6) is 1.19. The van der Waals surface area contributed by atoms with Crippen LogP contribution in [0.15, 0.2) is 28.8 Å². The first-order valence-electron chi connectivity index (χ1n) is 9.32. The lowest BCUT2D eigenvalue weighted by atomic mass is 9.98. The molecule has 2 aromatic rings. The standard InChI is InChI=1S/C20H28N4O3/c1-20(2,3)26-19(25)24-12-6-7-15(13-24)18-21-17(22-27-18)14-8-10-16(11-9-14)23(4)5/h8-11,15H,6-7,12-13H2,1-5H3/t15-/m0/s1. The van der Waals surface area contributed by atoms with Gasteiger partial charge in [0.1, 0.15) is 5.60 Å². The number of hydrogen-bond acceptors (Lipinski definition) is 6. The van der Waals surface area contributed by atoms with Gasteiger partial charge in [-0.15, -0.1) is 0 Å². The van der Waals surface area contributed by atoms with Crippen molar-refractivity contribution in [3.05, 3.63) is 30.2 Å². The van der Waals surface area contributed by atoms with Crippen molar-refractivity contribution in [1.29, 1.82) is 0 Å². The zero-order valence-electron chi connectivity index (χ0n) is 16.7. The quantitative estimate of drug-likeness (QED) is 0.813. The van der Waals surface area contributed by atoms with Gasteiger partial charge in [0, 0.05) is 38.4 Å². The molecule has 1 aromatic carbocycles. The van der Waals surface area contributed by atoms with Crippen LogP contribution in [0.1, 0.15) is 45.4 Å². The van der Waals surface area contributed by atoms with Crippen molar-refractivity contribution in [1.82, 2.24) is 15.0 Å². The lowest BCUT2D eigenvalue weighted by Crippen LogP contribution is -2.42. The van der Waals surface area contributed by atoms with E-state index in [1.54, 1.807) is 4.90 Å². The Labute approximate surface area is 160 Å². The monoisotopic (exact) mass is 372 g/mol. The second-order valence-corrected chi connectivity index (χ2v) is 8.16. The fourth-order valence-corrected chi connectivity index (χ4v) is 3.10. The van der Waals surface area contributed by atoms with Crippen molar-refractivity contribution in [3.63, 3.8) is 0 Å². The van der Waals surface area contributed by atoms with E-state index in [4.69, 9.17) is 9.26 Å². The highest BCUT2D eigenvalue weighted by molar-refractivity contribution is 5.68. The number of likely N-dealkylation sites (tertiary alicyclic amines) is 1. The van der Waals surface area contributed by atoms with Gasteiger partial charge in [-0.1, -0.05) is 5.16 Å². The summed E-state index contributed by atoms with van der Waals surface area (Å²) in [7, 11) is 4.00. The summed E-state index contributed by atoms with van der Waals surface area (Å²) in [5.41, 5.74) is 1.53. The number of rotatable bonds is 3. The van der Waals surface area contributed by atoms with Gasteiger partial charge >= 0.3 is 6.09 Å². The van der Waals surface area contributed by atoms with Crippen LogP contribution >= 0.6 is 0 Å². The van der Waals surface area contributed by atoms with Gasteiger partial charge in [-0.2, -0.15) is 4.98 Å². The van der Waals surface area contributed by atoms with E-state index in [-0.39, 0.29) is 12.0 Å². The number of aromatic nitrogens is 2. The number of anilines is 1. The topological polar surface area (TPSA) is 71.7 Å². The summed E-state index contributed by atoms with van der Waals surface area (Å²) in [6, 6.07) is 8.02. The fraction of sp³-hybridized carbons (Fsp3) is 0.550. The Morgan fingerprint density at radius 1 is 1.26 bits per heavy atom. The number of piperidine rings is 1. The van der Waals surface area contributed by atoms with Gasteiger partial charge in [0.15, 0.2) is 0 Å². The first-order chi connectivity index (χ1) is 12.7. The number of ether oxygens (including phenoxy) is 1. The Balaban J connectivity index is 1.69. The first-order valence-corrected chi connectivity index (χ1v) is 9.32. The Kier molecular flexibility index (Phi) is 5.39. The second-order valence-electron chi connectivity index (χ2n) is 8.16. The van der Waals surface area contributed by atoms with Crippen LogP contribution in [0, 0.1) is 0 Å². The van der Waals surface area contributed by atoms with E-state index in [0.717, 1.165) is 24.1 Å². The van der Waals surface area contributed by atoms with Gasteiger partial charge in [0.25, 0.3) is 0 Å². The zero-order chi connectivity index (χ0) is 19.6. The number of nitrogens with zero attached hydrogens (tertiary/aromatic N) is 4. The van der Waals surface area contributed by atoms with Crippen molar-refractivity contribution in [2.75, 3.05) is 32.1 Å². The molecule has 1 atom stereocenters. The van der Waals surface area contributed by atoms with Gasteiger partial charge in [-0.3, -0.25) is 0 Å². The SMILES string of the molecule is CN(C)c1ccc(-c2noc([C@H]3CCCN(C(=O)OC(C)(C)C)C3)n2)cc1. The molecule has 1 aromatic heterocycles. The predicted molar refractivity (Wildman–Crippen MR) is 104 cm³/mol. The molecule has 1 amide bonds. The van der Waals surface area contributed by atoms with E-state index in [1.165, 1.54) is 0 Å². The molecule has 7 nitrogen and oxygen atoms in total. The summed E-state index contributed by atoms with van der Waals surface area (Å²) in [6.45, 7) is 6.85. The molecular weight excluding hydrogens is 344 g/mol. The maximum Gasteiger partial charge on any atom is 0.410 e. The van der Waals surface area contributed by atoms with Crippen molar-refractivity contribution in [3.8, 4) is 11.4 Å². The van der Waals surface area contributed by atoms with Crippen LogP contribution in [-0.2, 0) is 4.74 Å². The zero-order valence-corrected chi connectivity index (χ0v) is 16.7. The van der Waals surface area contributed by atoms with E-state index < -0.39 is 5.60 Å². The van der Waals surface area contributed by atoms with Crippen molar-refractivity contribution < 1.29 is 14.1 Å². The van der Waals surface area contributed by atoms with E-state index in [0.29, 0.717) is 24.8 Å². The summed E-state index contributed by atoms with van der Waals surface area (Å²) >= 11 is 0. The van der Waals surface area contributed by atoms with Crippen molar-refractivity contribution in [2.24, 2.45) is 0 Å². The van der Waals surface area contributed by atoms with E-state index in [2.05, 4.69) is 10.1 Å². The third-order valence-corrected chi connectivity index (χ3v) is 4.51. The van der Waals surface area contributed by atoms with Crippen LogP contribution in [0.2, 0.25) is 0 Å². The molecule has 27 heavy (non-hydrogen) atoms. The lowest BCUT2D eigenvalue weighted by Gasteiger charge is -2.32.